The van der Waals surface area contributed by atoms with Crippen LogP contribution in [0.15, 0.2) is 54.9 Å². The molecule has 14 heteroatoms. The third-order valence-corrected chi connectivity index (χ3v) is 10.1. The lowest BCUT2D eigenvalue weighted by Crippen LogP contribution is -2.62. The van der Waals surface area contributed by atoms with Crippen molar-refractivity contribution in [2.24, 2.45) is 0 Å². The molecule has 3 saturated heterocycles. The van der Waals surface area contributed by atoms with Crippen molar-refractivity contribution in [1.29, 1.82) is 0 Å². The summed E-state index contributed by atoms with van der Waals surface area (Å²) in [6, 6.07) is 15.9. The Labute approximate surface area is 290 Å². The largest absolute Gasteiger partial charge is 0.489 e. The van der Waals surface area contributed by atoms with Crippen molar-refractivity contribution < 1.29 is 19.1 Å². The molecule has 2 aromatic carbocycles. The quantitative estimate of drug-likeness (QED) is 0.260. The van der Waals surface area contributed by atoms with Crippen LogP contribution >= 0.6 is 0 Å². The van der Waals surface area contributed by atoms with Crippen molar-refractivity contribution in [3.05, 3.63) is 88.8 Å². The average molecular weight is 677 g/mol. The number of hydrogen-bond donors (Lipinski definition) is 1. The molecule has 6 heterocycles. The van der Waals surface area contributed by atoms with E-state index in [1.807, 2.05) is 26.0 Å². The van der Waals surface area contributed by atoms with Gasteiger partial charge in [-0.1, -0.05) is 30.3 Å². The van der Waals surface area contributed by atoms with Crippen LogP contribution < -0.4 is 15.0 Å². The zero-order chi connectivity index (χ0) is 34.4. The van der Waals surface area contributed by atoms with E-state index in [9.17, 15) is 14.4 Å². The van der Waals surface area contributed by atoms with Crippen molar-refractivity contribution in [1.82, 2.24) is 44.7 Å². The fraction of sp³-hybridized carbons (Fsp3) is 0.417. The van der Waals surface area contributed by atoms with Crippen LogP contribution in [0.2, 0.25) is 0 Å². The van der Waals surface area contributed by atoms with E-state index in [4.69, 9.17) is 9.72 Å². The van der Waals surface area contributed by atoms with Crippen LogP contribution in [0.4, 0.5) is 5.82 Å². The number of piperidine rings is 1. The highest BCUT2D eigenvalue weighted by Gasteiger charge is 2.40. The van der Waals surface area contributed by atoms with Gasteiger partial charge in [-0.2, -0.15) is 5.10 Å². The molecule has 8 rings (SSSR count). The van der Waals surface area contributed by atoms with Crippen molar-refractivity contribution in [2.45, 2.75) is 58.5 Å². The summed E-state index contributed by atoms with van der Waals surface area (Å²) in [5.41, 5.74) is 3.63. The first-order chi connectivity index (χ1) is 24.3. The van der Waals surface area contributed by atoms with E-state index in [1.165, 1.54) is 5.56 Å². The Bertz CT molecular complexity index is 1930. The minimum atomic E-state index is -0.648. The van der Waals surface area contributed by atoms with Gasteiger partial charge in [0.05, 0.1) is 6.54 Å². The fourth-order valence-electron chi connectivity index (χ4n) is 7.34. The fourth-order valence-corrected chi connectivity index (χ4v) is 7.34. The lowest BCUT2D eigenvalue weighted by atomic mass is 10.0. The normalized spacial score (nSPS) is 20.2. The summed E-state index contributed by atoms with van der Waals surface area (Å²) < 4.78 is 7.90. The second-order valence-corrected chi connectivity index (χ2v) is 13.5. The number of nitrogens with one attached hydrogen (secondary N) is 1. The maximum atomic E-state index is 13.1. The maximum Gasteiger partial charge on any atom is 0.255 e. The van der Waals surface area contributed by atoms with Crippen molar-refractivity contribution in [3.63, 3.8) is 0 Å². The van der Waals surface area contributed by atoms with E-state index >= 15 is 0 Å². The number of ether oxygens (including phenoxy) is 1. The maximum absolute atomic E-state index is 13.1. The van der Waals surface area contributed by atoms with Crippen LogP contribution in [0.3, 0.4) is 0 Å². The number of nitrogens with zero attached hydrogens (tertiary/aromatic N) is 9. The number of hydrogen-bond acceptors (Lipinski definition) is 11. The van der Waals surface area contributed by atoms with Crippen molar-refractivity contribution in [2.75, 3.05) is 44.2 Å². The van der Waals surface area contributed by atoms with Crippen molar-refractivity contribution >= 4 is 23.5 Å². The molecule has 4 aliphatic heterocycles. The number of carbonyl (C=O) groups is 3. The van der Waals surface area contributed by atoms with Gasteiger partial charge in [0.2, 0.25) is 11.8 Å². The molecule has 1 N–H and O–H groups in total. The molecular weight excluding hydrogens is 636 g/mol. The molecule has 0 saturated carbocycles. The highest BCUT2D eigenvalue weighted by Crippen LogP contribution is 2.34. The molecular formula is C36H40N10O4. The number of likely N-dealkylation sites (tertiary alicyclic amines) is 1. The summed E-state index contributed by atoms with van der Waals surface area (Å²) in [5.74, 6) is 2.83. The first-order valence-electron chi connectivity index (χ1n) is 17.2. The van der Waals surface area contributed by atoms with Gasteiger partial charge < -0.3 is 14.5 Å². The molecule has 3 fully saturated rings. The van der Waals surface area contributed by atoms with E-state index in [2.05, 4.69) is 59.3 Å². The number of anilines is 1. The number of amides is 3. The van der Waals surface area contributed by atoms with Crippen LogP contribution in [0.1, 0.15) is 51.5 Å². The number of piperazine rings is 1. The van der Waals surface area contributed by atoms with Crippen LogP contribution in [0, 0.1) is 13.8 Å². The number of carbonyl (C=O) groups excluding carboxylic acids is 3. The Hall–Kier alpha value is -5.21. The molecule has 0 aliphatic carbocycles. The van der Waals surface area contributed by atoms with Gasteiger partial charge in [0.25, 0.3) is 5.91 Å². The van der Waals surface area contributed by atoms with Crippen LogP contribution in [-0.2, 0) is 29.3 Å². The second-order valence-electron chi connectivity index (χ2n) is 13.5. The summed E-state index contributed by atoms with van der Waals surface area (Å²) in [5, 5.41) is 6.76. The lowest BCUT2D eigenvalue weighted by Gasteiger charge is -2.48. The minimum Gasteiger partial charge on any atom is -0.489 e. The van der Waals surface area contributed by atoms with E-state index in [0.29, 0.717) is 36.2 Å². The van der Waals surface area contributed by atoms with E-state index in [-0.39, 0.29) is 24.8 Å². The third-order valence-electron chi connectivity index (χ3n) is 10.1. The van der Waals surface area contributed by atoms with Gasteiger partial charge in [-0.3, -0.25) is 29.5 Å². The van der Waals surface area contributed by atoms with Gasteiger partial charge in [0.15, 0.2) is 5.82 Å². The van der Waals surface area contributed by atoms with Gasteiger partial charge in [-0.25, -0.2) is 19.6 Å². The van der Waals surface area contributed by atoms with Crippen molar-refractivity contribution in [3.8, 4) is 11.6 Å². The summed E-state index contributed by atoms with van der Waals surface area (Å²) in [4.78, 5) is 59.6. The molecule has 50 heavy (non-hydrogen) atoms. The molecule has 2 aromatic heterocycles. The standard InChI is InChI=1S/C36H40N10O4/c1-23-37-22-46(41-23)33-16-32(38-24(2)39-33)44-14-12-43(13-15-44)27-18-42(19-27)17-25-6-8-26(9-7-25)21-50-31-5-3-4-28-29(31)20-45(36(28)49)30-10-11-34(47)40-35(30)48/h3-9,16,22,27,30H,10-15,17-21H2,1-2H3,(H,40,47,48)/t30-/m0/s1. The molecule has 258 valence electrons. The number of rotatable bonds is 9. The molecule has 4 aliphatic rings. The Morgan fingerprint density at radius 2 is 1.66 bits per heavy atom. The number of benzene rings is 2. The monoisotopic (exact) mass is 676 g/mol. The highest BCUT2D eigenvalue weighted by atomic mass is 16.5. The zero-order valence-corrected chi connectivity index (χ0v) is 28.3. The van der Waals surface area contributed by atoms with Gasteiger partial charge >= 0.3 is 0 Å². The first-order valence-corrected chi connectivity index (χ1v) is 17.2. The lowest BCUT2D eigenvalue weighted by molar-refractivity contribution is -0.136. The first kappa shape index (κ1) is 32.0. The summed E-state index contributed by atoms with van der Waals surface area (Å²) in [6.45, 7) is 11.3. The zero-order valence-electron chi connectivity index (χ0n) is 28.3. The van der Waals surface area contributed by atoms with E-state index in [1.54, 1.807) is 28.0 Å². The van der Waals surface area contributed by atoms with Gasteiger partial charge in [0, 0.05) is 75.5 Å². The van der Waals surface area contributed by atoms with Gasteiger partial charge in [-0.15, -0.1) is 0 Å². The van der Waals surface area contributed by atoms with E-state index < -0.39 is 11.9 Å². The Morgan fingerprint density at radius 3 is 2.40 bits per heavy atom. The Balaban J connectivity index is 0.799. The molecule has 0 spiro atoms. The number of fused-ring (bicyclic) bond motifs is 1. The predicted octanol–water partition coefficient (Wildman–Crippen LogP) is 2.02. The van der Waals surface area contributed by atoms with Gasteiger partial charge in [-0.05, 0) is 43.5 Å². The van der Waals surface area contributed by atoms with Crippen LogP contribution in [-0.4, -0.2) is 109 Å². The Morgan fingerprint density at radius 1 is 0.900 bits per heavy atom. The van der Waals surface area contributed by atoms with E-state index in [0.717, 1.165) is 74.4 Å². The number of aryl methyl sites for hydroxylation is 2. The summed E-state index contributed by atoms with van der Waals surface area (Å²) >= 11 is 0. The summed E-state index contributed by atoms with van der Waals surface area (Å²) in [7, 11) is 0. The minimum absolute atomic E-state index is 0.203. The smallest absolute Gasteiger partial charge is 0.255 e. The predicted molar refractivity (Wildman–Crippen MR) is 183 cm³/mol. The molecule has 4 aromatic rings. The molecule has 0 radical (unpaired) electrons. The summed E-state index contributed by atoms with van der Waals surface area (Å²) in [6.07, 6.45) is 2.25. The molecule has 0 unspecified atom stereocenters. The molecule has 14 nitrogen and oxygen atoms in total. The third kappa shape index (κ3) is 6.43. The van der Waals surface area contributed by atoms with Crippen LogP contribution in [0.5, 0.6) is 5.75 Å². The molecule has 3 amide bonds. The highest BCUT2D eigenvalue weighted by molar-refractivity contribution is 6.05. The average Bonchev–Trinajstić information content (AvgIpc) is 3.69. The molecule has 0 bridgehead atoms. The van der Waals surface area contributed by atoms with Gasteiger partial charge in [0.1, 0.15) is 42.2 Å². The Kier molecular flexibility index (Phi) is 8.49. The second kappa shape index (κ2) is 13.2. The number of aromatic nitrogens is 5. The molecule has 1 atom stereocenters. The van der Waals surface area contributed by atoms with Crippen LogP contribution in [0.25, 0.3) is 5.82 Å². The SMILES string of the molecule is Cc1nc(N2CCN(C3CN(Cc4ccc(COc5cccc6c5CN([C@H]5CCC(=O)NC5=O)C6=O)cc4)C3)CC2)cc(-n2cnc(C)n2)n1. The number of imide groups is 1. The topological polar surface area (TPSA) is 142 Å².